The van der Waals surface area contributed by atoms with Crippen molar-refractivity contribution in [3.8, 4) is 0 Å². The molecule has 0 heterocycles. The molecule has 0 saturated heterocycles. The smallest absolute Gasteiger partial charge is 0.440 e. The van der Waals surface area contributed by atoms with Gasteiger partial charge in [0.05, 0.1) is 0 Å². The number of carbonyl (C=O) groups is 2. The van der Waals surface area contributed by atoms with Gasteiger partial charge in [-0.25, -0.2) is 9.79 Å². The molecule has 0 aromatic rings. The number of hydrogen-bond acceptors (Lipinski definition) is 2. The van der Waals surface area contributed by atoms with E-state index in [1.165, 1.54) is 0 Å². The summed E-state index contributed by atoms with van der Waals surface area (Å²) < 4.78 is 36.7. The van der Waals surface area contributed by atoms with Crippen LogP contribution in [0.5, 0.6) is 0 Å². The van der Waals surface area contributed by atoms with Crippen molar-refractivity contribution < 1.29 is 27.9 Å². The Labute approximate surface area is 102 Å². The molecule has 0 atom stereocenters. The zero-order chi connectivity index (χ0) is 13.8. The predicted molar refractivity (Wildman–Crippen MR) is 57.3 cm³/mol. The Hall–Kier alpha value is -1.40. The maximum absolute atomic E-state index is 12.2. The SMILES string of the molecule is O=C(CC1CCCCC1)N=C(C(=O)O)C(F)(F)F. The highest BCUT2D eigenvalue weighted by Gasteiger charge is 2.41. The lowest BCUT2D eigenvalue weighted by Crippen LogP contribution is -2.32. The molecule has 0 aromatic heterocycles. The Morgan fingerprint density at radius 2 is 1.72 bits per heavy atom. The van der Waals surface area contributed by atoms with Crippen LogP contribution in [0.4, 0.5) is 13.2 Å². The number of nitrogens with zero attached hydrogens (tertiary/aromatic N) is 1. The molecule has 1 rings (SSSR count). The number of rotatable bonds is 3. The van der Waals surface area contributed by atoms with Crippen molar-refractivity contribution in [1.29, 1.82) is 0 Å². The quantitative estimate of drug-likeness (QED) is 0.797. The van der Waals surface area contributed by atoms with Gasteiger partial charge in [0.1, 0.15) is 0 Å². The Morgan fingerprint density at radius 1 is 1.17 bits per heavy atom. The highest BCUT2D eigenvalue weighted by Crippen LogP contribution is 2.27. The highest BCUT2D eigenvalue weighted by atomic mass is 19.4. The largest absolute Gasteiger partial charge is 0.477 e. The topological polar surface area (TPSA) is 66.7 Å². The number of carbonyl (C=O) groups excluding carboxylic acids is 1. The zero-order valence-electron chi connectivity index (χ0n) is 9.66. The van der Waals surface area contributed by atoms with Crippen molar-refractivity contribution in [2.24, 2.45) is 10.9 Å². The Kier molecular flexibility index (Phi) is 4.86. The molecule has 4 nitrogen and oxygen atoms in total. The maximum Gasteiger partial charge on any atom is 0.440 e. The monoisotopic (exact) mass is 265 g/mol. The van der Waals surface area contributed by atoms with E-state index in [0.717, 1.165) is 32.1 Å². The molecule has 0 aliphatic heterocycles. The predicted octanol–water partition coefficient (Wildman–Crippen LogP) is 2.57. The lowest BCUT2D eigenvalue weighted by Gasteiger charge is -2.19. The van der Waals surface area contributed by atoms with E-state index in [9.17, 15) is 22.8 Å². The minimum Gasteiger partial charge on any atom is -0.477 e. The molecule has 1 aliphatic rings. The average Bonchev–Trinajstić information content (AvgIpc) is 2.25. The minimum atomic E-state index is -5.10. The maximum atomic E-state index is 12.2. The Morgan fingerprint density at radius 3 is 2.17 bits per heavy atom. The van der Waals surface area contributed by atoms with Crippen molar-refractivity contribution in [3.63, 3.8) is 0 Å². The van der Waals surface area contributed by atoms with E-state index < -0.39 is 23.8 Å². The molecule has 1 N–H and O–H groups in total. The van der Waals surface area contributed by atoms with Crippen molar-refractivity contribution in [1.82, 2.24) is 0 Å². The van der Waals surface area contributed by atoms with Gasteiger partial charge in [0.15, 0.2) is 0 Å². The summed E-state index contributed by atoms with van der Waals surface area (Å²) in [6, 6.07) is 0. The number of halogens is 3. The van der Waals surface area contributed by atoms with Gasteiger partial charge in [0, 0.05) is 6.42 Å². The van der Waals surface area contributed by atoms with Gasteiger partial charge in [-0.2, -0.15) is 13.2 Å². The molecule has 1 aliphatic carbocycles. The Balaban J connectivity index is 2.67. The van der Waals surface area contributed by atoms with Gasteiger partial charge < -0.3 is 5.11 Å². The second-order valence-electron chi connectivity index (χ2n) is 4.37. The van der Waals surface area contributed by atoms with E-state index in [0.29, 0.717) is 0 Å². The van der Waals surface area contributed by atoms with E-state index in [4.69, 9.17) is 5.11 Å². The van der Waals surface area contributed by atoms with Crippen LogP contribution < -0.4 is 0 Å². The standard InChI is InChI=1S/C11H14F3NO3/c12-11(13,14)9(10(17)18)15-8(16)6-7-4-2-1-3-5-7/h7H,1-6H2,(H,17,18). The third-order valence-electron chi connectivity index (χ3n) is 2.90. The third kappa shape index (κ3) is 4.46. The molecule has 0 spiro atoms. The fraction of sp³-hybridized carbons (Fsp3) is 0.727. The van der Waals surface area contributed by atoms with Gasteiger partial charge in [-0.05, 0) is 18.8 Å². The molecule has 7 heteroatoms. The molecule has 1 fully saturated rings. The number of hydrogen-bond donors (Lipinski definition) is 1. The molecule has 102 valence electrons. The van der Waals surface area contributed by atoms with Gasteiger partial charge in [0.2, 0.25) is 11.6 Å². The lowest BCUT2D eigenvalue weighted by atomic mass is 9.87. The number of amides is 1. The summed E-state index contributed by atoms with van der Waals surface area (Å²) in [6.45, 7) is 0. The number of carboxylic acid groups (broad SMARTS) is 1. The number of alkyl halides is 3. The van der Waals surface area contributed by atoms with Crippen LogP contribution in [-0.2, 0) is 9.59 Å². The second-order valence-corrected chi connectivity index (χ2v) is 4.37. The molecule has 0 unspecified atom stereocenters. The van der Waals surface area contributed by atoms with Crippen molar-refractivity contribution in [2.45, 2.75) is 44.7 Å². The number of aliphatic carboxylic acids is 1. The molecular weight excluding hydrogens is 251 g/mol. The van der Waals surface area contributed by atoms with Gasteiger partial charge in [-0.1, -0.05) is 19.3 Å². The van der Waals surface area contributed by atoms with Crippen molar-refractivity contribution in [2.75, 3.05) is 0 Å². The van der Waals surface area contributed by atoms with Crippen LogP contribution >= 0.6 is 0 Å². The van der Waals surface area contributed by atoms with Crippen LogP contribution in [0.2, 0.25) is 0 Å². The molecular formula is C11H14F3NO3. The molecule has 1 amide bonds. The van der Waals surface area contributed by atoms with Crippen molar-refractivity contribution >= 4 is 17.6 Å². The first-order valence-corrected chi connectivity index (χ1v) is 5.72. The van der Waals surface area contributed by atoms with Crippen LogP contribution in [0.3, 0.4) is 0 Å². The van der Waals surface area contributed by atoms with Crippen LogP contribution in [0.25, 0.3) is 0 Å². The van der Waals surface area contributed by atoms with E-state index in [-0.39, 0.29) is 12.3 Å². The summed E-state index contributed by atoms with van der Waals surface area (Å²) in [6.07, 6.45) is -0.664. The molecule has 0 aromatic carbocycles. The van der Waals surface area contributed by atoms with E-state index in [2.05, 4.69) is 4.99 Å². The van der Waals surface area contributed by atoms with Gasteiger partial charge in [-0.15, -0.1) is 0 Å². The first-order chi connectivity index (χ1) is 8.30. The van der Waals surface area contributed by atoms with Crippen LogP contribution in [0.1, 0.15) is 38.5 Å². The summed E-state index contributed by atoms with van der Waals surface area (Å²) in [5.74, 6) is -3.20. The molecule has 1 saturated carbocycles. The number of carboxylic acids is 1. The second kappa shape index (κ2) is 5.97. The van der Waals surface area contributed by atoms with E-state index >= 15 is 0 Å². The van der Waals surface area contributed by atoms with Gasteiger partial charge in [-0.3, -0.25) is 4.79 Å². The van der Waals surface area contributed by atoms with Crippen molar-refractivity contribution in [3.05, 3.63) is 0 Å². The normalized spacial score (nSPS) is 18.7. The van der Waals surface area contributed by atoms with Gasteiger partial charge in [0.25, 0.3) is 0 Å². The molecule has 18 heavy (non-hydrogen) atoms. The minimum absolute atomic E-state index is 0.0262. The fourth-order valence-electron chi connectivity index (χ4n) is 2.04. The fourth-order valence-corrected chi connectivity index (χ4v) is 2.04. The zero-order valence-corrected chi connectivity index (χ0v) is 9.66. The summed E-state index contributed by atoms with van der Waals surface area (Å²) >= 11 is 0. The summed E-state index contributed by atoms with van der Waals surface area (Å²) in [4.78, 5) is 24.4. The van der Waals surface area contributed by atoms with Crippen LogP contribution in [0, 0.1) is 5.92 Å². The Bertz CT molecular complexity index is 357. The van der Waals surface area contributed by atoms with Gasteiger partial charge >= 0.3 is 12.1 Å². The molecule has 0 radical (unpaired) electrons. The first kappa shape index (κ1) is 14.7. The molecule has 0 bridgehead atoms. The summed E-state index contributed by atoms with van der Waals surface area (Å²) in [5.41, 5.74) is -2.04. The number of aliphatic imine (C=N–C) groups is 1. The lowest BCUT2D eigenvalue weighted by molar-refractivity contribution is -0.134. The van der Waals surface area contributed by atoms with Crippen LogP contribution in [-0.4, -0.2) is 28.9 Å². The van der Waals surface area contributed by atoms with Crippen LogP contribution in [0.15, 0.2) is 4.99 Å². The summed E-state index contributed by atoms with van der Waals surface area (Å²) in [5, 5.41) is 8.36. The summed E-state index contributed by atoms with van der Waals surface area (Å²) in [7, 11) is 0. The average molecular weight is 265 g/mol. The first-order valence-electron chi connectivity index (χ1n) is 5.72. The van der Waals surface area contributed by atoms with E-state index in [1.807, 2.05) is 0 Å². The highest BCUT2D eigenvalue weighted by molar-refractivity contribution is 6.39. The van der Waals surface area contributed by atoms with E-state index in [1.54, 1.807) is 0 Å². The third-order valence-corrected chi connectivity index (χ3v) is 2.90.